The van der Waals surface area contributed by atoms with Crippen LogP contribution < -0.4 is 5.32 Å². The van der Waals surface area contributed by atoms with Gasteiger partial charge in [-0.15, -0.1) is 0 Å². The molecule has 0 bridgehead atoms. The molecule has 0 spiro atoms. The van der Waals surface area contributed by atoms with Crippen molar-refractivity contribution < 1.29 is 23.1 Å². The predicted molar refractivity (Wildman–Crippen MR) is 76.6 cm³/mol. The van der Waals surface area contributed by atoms with Crippen molar-refractivity contribution >= 4 is 21.7 Å². The van der Waals surface area contributed by atoms with E-state index in [4.69, 9.17) is 5.11 Å². The third-order valence-corrected chi connectivity index (χ3v) is 6.08. The average molecular weight is 318 g/mol. The van der Waals surface area contributed by atoms with Gasteiger partial charge in [0, 0.05) is 12.1 Å². The molecule has 8 heteroatoms. The number of carbonyl (C=O) groups is 2. The maximum absolute atomic E-state index is 12.0. The lowest BCUT2D eigenvalue weighted by molar-refractivity contribution is -0.144. The molecular formula is C13H22N2O5S. The molecule has 0 aromatic rings. The summed E-state index contributed by atoms with van der Waals surface area (Å²) in [6, 6.07) is -0.243. The molecule has 2 fully saturated rings. The number of aliphatic carboxylic acids is 1. The van der Waals surface area contributed by atoms with E-state index in [1.165, 1.54) is 0 Å². The minimum absolute atomic E-state index is 0.0232. The second-order valence-corrected chi connectivity index (χ2v) is 8.28. The Hall–Kier alpha value is -1.15. The van der Waals surface area contributed by atoms with Crippen molar-refractivity contribution in [3.05, 3.63) is 0 Å². The second kappa shape index (κ2) is 6.31. The smallest absolute Gasteiger partial charge is 0.306 e. The Labute approximate surface area is 124 Å². The van der Waals surface area contributed by atoms with Crippen LogP contribution in [-0.4, -0.2) is 67.0 Å². The first-order valence-corrected chi connectivity index (χ1v) is 9.05. The van der Waals surface area contributed by atoms with E-state index < -0.39 is 15.8 Å². The minimum Gasteiger partial charge on any atom is -0.481 e. The second-order valence-electron chi connectivity index (χ2n) is 6.05. The van der Waals surface area contributed by atoms with Crippen molar-refractivity contribution in [1.82, 2.24) is 10.2 Å². The predicted octanol–water partition coefficient (Wildman–Crippen LogP) is -0.525. The van der Waals surface area contributed by atoms with Gasteiger partial charge in [-0.05, 0) is 32.7 Å². The zero-order chi connectivity index (χ0) is 15.6. The van der Waals surface area contributed by atoms with Crippen molar-refractivity contribution in [1.29, 1.82) is 0 Å². The zero-order valence-electron chi connectivity index (χ0n) is 12.1. The molecule has 120 valence electrons. The van der Waals surface area contributed by atoms with E-state index in [9.17, 15) is 18.0 Å². The Morgan fingerprint density at radius 1 is 1.33 bits per heavy atom. The summed E-state index contributed by atoms with van der Waals surface area (Å²) in [5, 5.41) is 11.8. The van der Waals surface area contributed by atoms with E-state index in [1.807, 2.05) is 11.8 Å². The average Bonchev–Trinajstić information content (AvgIpc) is 2.70. The van der Waals surface area contributed by atoms with Crippen molar-refractivity contribution in [2.45, 2.75) is 38.3 Å². The Morgan fingerprint density at radius 2 is 2.05 bits per heavy atom. The normalized spacial score (nSPS) is 32.7. The van der Waals surface area contributed by atoms with Gasteiger partial charge in [0.25, 0.3) is 0 Å². The van der Waals surface area contributed by atoms with Gasteiger partial charge < -0.3 is 10.4 Å². The molecule has 2 aliphatic heterocycles. The van der Waals surface area contributed by atoms with Gasteiger partial charge in [0.05, 0.1) is 24.0 Å². The lowest BCUT2D eigenvalue weighted by Crippen LogP contribution is -2.49. The molecule has 3 atom stereocenters. The Bertz CT molecular complexity index is 519. The molecule has 1 amide bonds. The van der Waals surface area contributed by atoms with E-state index in [0.29, 0.717) is 25.8 Å². The highest BCUT2D eigenvalue weighted by Crippen LogP contribution is 2.22. The van der Waals surface area contributed by atoms with Gasteiger partial charge in [-0.2, -0.15) is 0 Å². The van der Waals surface area contributed by atoms with Crippen molar-refractivity contribution in [2.75, 3.05) is 24.6 Å². The van der Waals surface area contributed by atoms with Crippen LogP contribution in [0.5, 0.6) is 0 Å². The Morgan fingerprint density at radius 3 is 2.57 bits per heavy atom. The first-order chi connectivity index (χ1) is 9.77. The molecule has 0 aromatic carbocycles. The first kappa shape index (κ1) is 16.2. The molecule has 0 aromatic heterocycles. The summed E-state index contributed by atoms with van der Waals surface area (Å²) in [5.74, 6) is -1.13. The summed E-state index contributed by atoms with van der Waals surface area (Å²) >= 11 is 0. The molecule has 0 radical (unpaired) electrons. The molecule has 3 unspecified atom stereocenters. The highest BCUT2D eigenvalue weighted by molar-refractivity contribution is 7.91. The Kier molecular flexibility index (Phi) is 4.88. The minimum atomic E-state index is -3.00. The van der Waals surface area contributed by atoms with Gasteiger partial charge in [-0.25, -0.2) is 8.42 Å². The van der Waals surface area contributed by atoms with Crippen molar-refractivity contribution in [2.24, 2.45) is 5.92 Å². The summed E-state index contributed by atoms with van der Waals surface area (Å²) in [5.41, 5.74) is 0. The number of carbonyl (C=O) groups excluding carboxylic acids is 1. The summed E-state index contributed by atoms with van der Waals surface area (Å²) < 4.78 is 22.7. The molecule has 7 nitrogen and oxygen atoms in total. The summed E-state index contributed by atoms with van der Waals surface area (Å²) in [7, 11) is -3.00. The fourth-order valence-electron chi connectivity index (χ4n) is 3.05. The third-order valence-electron chi connectivity index (χ3n) is 4.31. The van der Waals surface area contributed by atoms with Crippen LogP contribution in [0.3, 0.4) is 0 Å². The third kappa shape index (κ3) is 4.41. The fraction of sp³-hybridized carbons (Fsp3) is 0.846. The fourth-order valence-corrected chi connectivity index (χ4v) is 4.72. The molecular weight excluding hydrogens is 296 g/mol. The van der Waals surface area contributed by atoms with Crippen LogP contribution in [0.4, 0.5) is 0 Å². The molecule has 2 rings (SSSR count). The van der Waals surface area contributed by atoms with Crippen molar-refractivity contribution in [3.63, 3.8) is 0 Å². The van der Waals surface area contributed by atoms with Crippen LogP contribution in [0.1, 0.15) is 26.2 Å². The molecule has 2 N–H and O–H groups in total. The van der Waals surface area contributed by atoms with Crippen LogP contribution in [0, 0.1) is 5.92 Å². The Balaban J connectivity index is 1.80. The maximum Gasteiger partial charge on any atom is 0.306 e. The number of hydrogen-bond donors (Lipinski definition) is 2. The maximum atomic E-state index is 12.0. The number of nitrogens with one attached hydrogen (secondary N) is 1. The SMILES string of the molecule is CC1CC(C(=O)O)CCN1CC(=O)NC1CCS(=O)(=O)C1. The van der Waals surface area contributed by atoms with E-state index in [-0.39, 0.29) is 42.0 Å². The summed E-state index contributed by atoms with van der Waals surface area (Å²) in [6.07, 6.45) is 1.57. The lowest BCUT2D eigenvalue weighted by Gasteiger charge is -2.35. The van der Waals surface area contributed by atoms with E-state index >= 15 is 0 Å². The number of carboxylic acid groups (broad SMARTS) is 1. The first-order valence-electron chi connectivity index (χ1n) is 7.23. The summed E-state index contributed by atoms with van der Waals surface area (Å²) in [6.45, 7) is 2.70. The quantitative estimate of drug-likeness (QED) is 0.722. The van der Waals surface area contributed by atoms with Crippen LogP contribution in [0.25, 0.3) is 0 Å². The number of rotatable bonds is 4. The number of sulfone groups is 1. The lowest BCUT2D eigenvalue weighted by atomic mass is 9.92. The van der Waals surface area contributed by atoms with Gasteiger partial charge in [0.1, 0.15) is 0 Å². The topological polar surface area (TPSA) is 104 Å². The van der Waals surface area contributed by atoms with Gasteiger partial charge in [-0.3, -0.25) is 14.5 Å². The number of amides is 1. The molecule has 2 heterocycles. The van der Waals surface area contributed by atoms with Crippen LogP contribution in [-0.2, 0) is 19.4 Å². The zero-order valence-corrected chi connectivity index (χ0v) is 12.9. The molecule has 2 aliphatic rings. The molecule has 0 aliphatic carbocycles. The van der Waals surface area contributed by atoms with Gasteiger partial charge in [-0.1, -0.05) is 0 Å². The van der Waals surface area contributed by atoms with Gasteiger partial charge >= 0.3 is 5.97 Å². The highest BCUT2D eigenvalue weighted by atomic mass is 32.2. The van der Waals surface area contributed by atoms with E-state index in [0.717, 1.165) is 0 Å². The molecule has 21 heavy (non-hydrogen) atoms. The number of carboxylic acids is 1. The number of piperidine rings is 1. The summed E-state index contributed by atoms with van der Waals surface area (Å²) in [4.78, 5) is 24.9. The van der Waals surface area contributed by atoms with Crippen LogP contribution >= 0.6 is 0 Å². The standard InChI is InChI=1S/C13H22N2O5S/c1-9-6-10(13(17)18)2-4-15(9)7-12(16)14-11-3-5-21(19,20)8-11/h9-11H,2-8H2,1H3,(H,14,16)(H,17,18). The highest BCUT2D eigenvalue weighted by Gasteiger charge is 2.32. The largest absolute Gasteiger partial charge is 0.481 e. The van der Waals surface area contributed by atoms with E-state index in [2.05, 4.69) is 5.32 Å². The van der Waals surface area contributed by atoms with Gasteiger partial charge in [0.15, 0.2) is 9.84 Å². The number of hydrogen-bond acceptors (Lipinski definition) is 5. The molecule has 2 saturated heterocycles. The van der Waals surface area contributed by atoms with Gasteiger partial charge in [0.2, 0.25) is 5.91 Å². The molecule has 0 saturated carbocycles. The van der Waals surface area contributed by atoms with Crippen LogP contribution in [0.15, 0.2) is 0 Å². The number of likely N-dealkylation sites (tertiary alicyclic amines) is 1. The van der Waals surface area contributed by atoms with Crippen molar-refractivity contribution in [3.8, 4) is 0 Å². The number of nitrogens with zero attached hydrogens (tertiary/aromatic N) is 1. The van der Waals surface area contributed by atoms with Crippen LogP contribution in [0.2, 0.25) is 0 Å². The monoisotopic (exact) mass is 318 g/mol. The van der Waals surface area contributed by atoms with E-state index in [1.54, 1.807) is 0 Å².